The zero-order valence-electron chi connectivity index (χ0n) is 21.7. The molecule has 0 fully saturated rings. The average molecular weight is 509 g/mol. The minimum absolute atomic E-state index is 0.287. The Morgan fingerprint density at radius 1 is 0.838 bits per heavy atom. The maximum atomic E-state index is 12.9. The number of fused-ring (bicyclic) bond motifs is 2. The summed E-state index contributed by atoms with van der Waals surface area (Å²) >= 11 is 6.42. The van der Waals surface area contributed by atoms with Crippen molar-refractivity contribution in [2.24, 2.45) is 0 Å². The zero-order valence-corrected chi connectivity index (χ0v) is 22.4. The molecule has 0 saturated carbocycles. The Kier molecular flexibility index (Phi) is 7.30. The van der Waals surface area contributed by atoms with Crippen LogP contribution in [-0.2, 0) is 12.0 Å². The molecule has 0 radical (unpaired) electrons. The molecule has 1 heterocycles. The number of aliphatic hydroxyl groups is 1. The maximum Gasteiger partial charge on any atom is 0.132 e. The number of aromatic nitrogens is 1. The number of halogens is 1. The molecule has 0 amide bonds. The highest BCUT2D eigenvalue weighted by molar-refractivity contribution is 6.30. The van der Waals surface area contributed by atoms with Gasteiger partial charge in [-0.15, -0.1) is 0 Å². The topological polar surface area (TPSA) is 36.4 Å². The summed E-state index contributed by atoms with van der Waals surface area (Å²) in [7, 11) is 4.11. The molecule has 4 heteroatoms. The van der Waals surface area contributed by atoms with E-state index in [0.29, 0.717) is 11.6 Å². The third kappa shape index (κ3) is 5.00. The van der Waals surface area contributed by atoms with E-state index in [1.165, 1.54) is 0 Å². The predicted molar refractivity (Wildman–Crippen MR) is 155 cm³/mol. The largest absolute Gasteiger partial charge is 0.384 e. The normalized spacial score (nSPS) is 14.2. The molecule has 188 valence electrons. The van der Waals surface area contributed by atoms with Gasteiger partial charge in [0, 0.05) is 17.8 Å². The first-order valence-electron chi connectivity index (χ1n) is 12.9. The van der Waals surface area contributed by atoms with Crippen molar-refractivity contribution in [1.29, 1.82) is 0 Å². The molecular weight excluding hydrogens is 476 g/mol. The second-order valence-corrected chi connectivity index (χ2v) is 10.4. The minimum atomic E-state index is -1.16. The Hall–Kier alpha value is -3.24. The first kappa shape index (κ1) is 25.4. The van der Waals surface area contributed by atoms with Crippen molar-refractivity contribution in [3.63, 3.8) is 0 Å². The minimum Gasteiger partial charge on any atom is -0.384 e. The van der Waals surface area contributed by atoms with Crippen molar-refractivity contribution in [3.05, 3.63) is 124 Å². The van der Waals surface area contributed by atoms with E-state index in [0.717, 1.165) is 56.9 Å². The Labute approximate surface area is 224 Å². The third-order valence-electron chi connectivity index (χ3n) is 7.39. The smallest absolute Gasteiger partial charge is 0.132 e. The Morgan fingerprint density at radius 3 is 2.32 bits per heavy atom. The summed E-state index contributed by atoms with van der Waals surface area (Å²) in [6.45, 7) is 2.83. The molecule has 5 rings (SSSR count). The number of nitrogens with zero attached hydrogens (tertiary/aromatic N) is 2. The number of pyridine rings is 1. The fourth-order valence-electron chi connectivity index (χ4n) is 5.46. The standard InChI is InChI=1S/C33H33ClN2O/c1-4-23-21-27-22-26(17-18-30(27)35-32(23)34)31(25-12-6-5-7-13-25)33(37,19-20-36(2)3)29-16-10-14-24-11-8-9-15-28(24)29/h5-18,21-22,31,37H,4,19-20H2,1-3H3. The van der Waals surface area contributed by atoms with Gasteiger partial charge in [0.25, 0.3) is 0 Å². The van der Waals surface area contributed by atoms with E-state index in [2.05, 4.69) is 104 Å². The molecule has 3 nitrogen and oxygen atoms in total. The van der Waals surface area contributed by atoms with Crippen LogP contribution in [0.3, 0.4) is 0 Å². The molecule has 2 atom stereocenters. The van der Waals surface area contributed by atoms with Crippen LogP contribution in [0, 0.1) is 0 Å². The van der Waals surface area contributed by atoms with Gasteiger partial charge in [0.1, 0.15) is 10.8 Å². The maximum absolute atomic E-state index is 12.9. The summed E-state index contributed by atoms with van der Waals surface area (Å²) in [6.07, 6.45) is 1.39. The molecule has 5 aromatic rings. The van der Waals surface area contributed by atoms with Crippen molar-refractivity contribution >= 4 is 33.3 Å². The number of aryl methyl sites for hydroxylation is 1. The summed E-state index contributed by atoms with van der Waals surface area (Å²) in [5, 5.41) is 16.7. The Bertz CT molecular complexity index is 1530. The van der Waals surface area contributed by atoms with Crippen molar-refractivity contribution in [2.75, 3.05) is 20.6 Å². The van der Waals surface area contributed by atoms with Gasteiger partial charge in [0.15, 0.2) is 0 Å². The second-order valence-electron chi connectivity index (χ2n) is 10.1. The van der Waals surface area contributed by atoms with Gasteiger partial charge in [0.2, 0.25) is 0 Å². The highest BCUT2D eigenvalue weighted by Crippen LogP contribution is 2.47. The van der Waals surface area contributed by atoms with Gasteiger partial charge < -0.3 is 10.0 Å². The van der Waals surface area contributed by atoms with Crippen LogP contribution >= 0.6 is 11.6 Å². The summed E-state index contributed by atoms with van der Waals surface area (Å²) in [4.78, 5) is 6.77. The van der Waals surface area contributed by atoms with Crippen LogP contribution in [0.15, 0.2) is 97.1 Å². The second kappa shape index (κ2) is 10.6. The van der Waals surface area contributed by atoms with E-state index in [-0.39, 0.29) is 5.92 Å². The molecule has 4 aromatic carbocycles. The van der Waals surface area contributed by atoms with E-state index in [1.807, 2.05) is 24.3 Å². The Morgan fingerprint density at radius 2 is 1.57 bits per heavy atom. The third-order valence-corrected chi connectivity index (χ3v) is 7.71. The summed E-state index contributed by atoms with van der Waals surface area (Å²) in [5.41, 5.74) is 3.81. The molecule has 37 heavy (non-hydrogen) atoms. The molecule has 0 bridgehead atoms. The molecule has 0 aliphatic heterocycles. The van der Waals surface area contributed by atoms with Gasteiger partial charge in [-0.2, -0.15) is 0 Å². The van der Waals surface area contributed by atoms with Crippen LogP contribution in [0.25, 0.3) is 21.7 Å². The van der Waals surface area contributed by atoms with Crippen LogP contribution in [0.2, 0.25) is 5.15 Å². The van der Waals surface area contributed by atoms with Gasteiger partial charge in [-0.05, 0) is 78.2 Å². The lowest BCUT2D eigenvalue weighted by Crippen LogP contribution is -2.37. The zero-order chi connectivity index (χ0) is 26.0. The first-order valence-corrected chi connectivity index (χ1v) is 13.3. The van der Waals surface area contributed by atoms with Gasteiger partial charge in [-0.25, -0.2) is 4.98 Å². The highest BCUT2D eigenvalue weighted by Gasteiger charge is 2.41. The molecule has 1 N–H and O–H groups in total. The van der Waals surface area contributed by atoms with Crippen LogP contribution in [0.5, 0.6) is 0 Å². The molecule has 0 aliphatic carbocycles. The number of hydrogen-bond acceptors (Lipinski definition) is 3. The molecule has 1 aromatic heterocycles. The molecule has 0 spiro atoms. The van der Waals surface area contributed by atoms with E-state index >= 15 is 0 Å². The van der Waals surface area contributed by atoms with E-state index in [1.54, 1.807) is 0 Å². The summed E-state index contributed by atoms with van der Waals surface area (Å²) in [5.74, 6) is -0.287. The summed E-state index contributed by atoms with van der Waals surface area (Å²) < 4.78 is 0. The molecule has 2 unspecified atom stereocenters. The van der Waals surface area contributed by atoms with Crippen LogP contribution in [0.1, 0.15) is 41.5 Å². The van der Waals surface area contributed by atoms with Gasteiger partial charge in [-0.3, -0.25) is 0 Å². The van der Waals surface area contributed by atoms with Crippen molar-refractivity contribution in [1.82, 2.24) is 9.88 Å². The van der Waals surface area contributed by atoms with Crippen molar-refractivity contribution in [3.8, 4) is 0 Å². The van der Waals surface area contributed by atoms with E-state index in [9.17, 15) is 5.11 Å². The molecule has 0 saturated heterocycles. The van der Waals surface area contributed by atoms with Gasteiger partial charge in [0.05, 0.1) is 5.52 Å². The van der Waals surface area contributed by atoms with Crippen LogP contribution in [-0.4, -0.2) is 35.6 Å². The number of benzene rings is 4. The fraction of sp³-hybridized carbons (Fsp3) is 0.242. The summed E-state index contributed by atoms with van der Waals surface area (Å²) in [6, 6.07) is 33.4. The monoisotopic (exact) mass is 508 g/mol. The van der Waals surface area contributed by atoms with Crippen LogP contribution < -0.4 is 0 Å². The lowest BCUT2D eigenvalue weighted by atomic mass is 9.70. The SMILES string of the molecule is CCc1cc2cc(C(c3ccccc3)C(O)(CCN(C)C)c3cccc4ccccc34)ccc2nc1Cl. The lowest BCUT2D eigenvalue weighted by molar-refractivity contribution is 0.00592. The highest BCUT2D eigenvalue weighted by atomic mass is 35.5. The lowest BCUT2D eigenvalue weighted by Gasteiger charge is -2.39. The number of hydrogen-bond donors (Lipinski definition) is 1. The van der Waals surface area contributed by atoms with Gasteiger partial charge >= 0.3 is 0 Å². The average Bonchev–Trinajstić information content (AvgIpc) is 2.92. The van der Waals surface area contributed by atoms with Gasteiger partial charge in [-0.1, -0.05) is 97.4 Å². The Balaban J connectivity index is 1.78. The molecule has 0 aliphatic rings. The van der Waals surface area contributed by atoms with Crippen molar-refractivity contribution in [2.45, 2.75) is 31.3 Å². The van der Waals surface area contributed by atoms with Crippen LogP contribution in [0.4, 0.5) is 0 Å². The molecular formula is C33H33ClN2O. The van der Waals surface area contributed by atoms with E-state index < -0.39 is 5.60 Å². The predicted octanol–water partition coefficient (Wildman–Crippen LogP) is 7.58. The first-order chi connectivity index (χ1) is 17.9. The number of rotatable bonds is 8. The quantitative estimate of drug-likeness (QED) is 0.219. The van der Waals surface area contributed by atoms with E-state index in [4.69, 9.17) is 11.6 Å². The van der Waals surface area contributed by atoms with Crippen molar-refractivity contribution < 1.29 is 5.11 Å². The fourth-order valence-corrected chi connectivity index (χ4v) is 5.74.